The van der Waals surface area contributed by atoms with Crippen molar-refractivity contribution in [3.8, 4) is 5.75 Å². The number of aliphatic carboxylic acids is 1. The van der Waals surface area contributed by atoms with E-state index in [0.29, 0.717) is 32.0 Å². The van der Waals surface area contributed by atoms with Gasteiger partial charge in [0.25, 0.3) is 0 Å². The van der Waals surface area contributed by atoms with Crippen LogP contribution in [0.1, 0.15) is 57.4 Å². The number of ether oxygens (including phenoxy) is 1. The van der Waals surface area contributed by atoms with Gasteiger partial charge in [0.1, 0.15) is 12.6 Å². The molecule has 1 aliphatic heterocycles. The molecule has 2 N–H and O–H groups in total. The van der Waals surface area contributed by atoms with Gasteiger partial charge in [0.05, 0.1) is 6.42 Å². The summed E-state index contributed by atoms with van der Waals surface area (Å²) in [5.74, 6) is -8.56. The van der Waals surface area contributed by atoms with Gasteiger partial charge in [-0.1, -0.05) is 19.8 Å². The lowest BCUT2D eigenvalue weighted by molar-refractivity contribution is -0.145. The Bertz CT molecular complexity index is 1010. The number of halogens is 3. The summed E-state index contributed by atoms with van der Waals surface area (Å²) < 4.78 is 46.5. The van der Waals surface area contributed by atoms with Crippen molar-refractivity contribution in [3.05, 3.63) is 29.1 Å². The lowest BCUT2D eigenvalue weighted by atomic mass is 9.85. The van der Waals surface area contributed by atoms with Gasteiger partial charge >= 0.3 is 5.97 Å². The second-order valence-electron chi connectivity index (χ2n) is 9.88. The summed E-state index contributed by atoms with van der Waals surface area (Å²) in [6, 6.07) is -0.868. The van der Waals surface area contributed by atoms with Crippen molar-refractivity contribution in [2.75, 3.05) is 19.7 Å². The van der Waals surface area contributed by atoms with E-state index in [2.05, 4.69) is 5.32 Å². The Morgan fingerprint density at radius 3 is 2.33 bits per heavy atom. The molecule has 198 valence electrons. The second kappa shape index (κ2) is 11.3. The molecular formula is C25H31F3N2O6. The van der Waals surface area contributed by atoms with Crippen molar-refractivity contribution in [1.29, 1.82) is 0 Å². The SMILES string of the molecule is Cc1cc(F)c(F)c(OCC(=O)[C@H](CC(=O)O)NC(=O)C2CCN(C(=O)C3(C)CCCC3)CC2)c1F. The lowest BCUT2D eigenvalue weighted by Crippen LogP contribution is -2.50. The van der Waals surface area contributed by atoms with Crippen LogP contribution in [0.3, 0.4) is 0 Å². The minimum Gasteiger partial charge on any atom is -0.481 e. The quantitative estimate of drug-likeness (QED) is 0.492. The molecular weight excluding hydrogens is 481 g/mol. The fourth-order valence-electron chi connectivity index (χ4n) is 4.88. The number of likely N-dealkylation sites (tertiary alicyclic amines) is 1. The largest absolute Gasteiger partial charge is 0.481 e. The topological polar surface area (TPSA) is 113 Å². The standard InChI is InChI=1S/C25H31F3N2O6/c1-14-11-16(26)21(28)22(20(14)27)36-13-18(31)17(12-19(32)33)29-23(34)15-5-9-30(10-6-15)24(35)25(2)7-3-4-8-25/h11,15,17H,3-10,12-13H2,1-2H3,(H,29,34)(H,32,33)/t17-/m0/s1. The van der Waals surface area contributed by atoms with Gasteiger partial charge in [-0.2, -0.15) is 4.39 Å². The molecule has 2 aliphatic rings. The average Bonchev–Trinajstić information content (AvgIpc) is 3.29. The maximum atomic E-state index is 14.1. The number of benzene rings is 1. The first-order chi connectivity index (χ1) is 16.9. The van der Waals surface area contributed by atoms with Crippen LogP contribution in [0.2, 0.25) is 0 Å². The molecule has 1 saturated heterocycles. The van der Waals surface area contributed by atoms with Crippen molar-refractivity contribution < 1.29 is 42.2 Å². The zero-order valence-electron chi connectivity index (χ0n) is 20.4. The van der Waals surface area contributed by atoms with E-state index in [1.807, 2.05) is 6.92 Å². The second-order valence-corrected chi connectivity index (χ2v) is 9.88. The summed E-state index contributed by atoms with van der Waals surface area (Å²) in [5, 5.41) is 11.6. The number of hydrogen-bond acceptors (Lipinski definition) is 5. The van der Waals surface area contributed by atoms with E-state index >= 15 is 0 Å². The van der Waals surface area contributed by atoms with Gasteiger partial charge in [0.15, 0.2) is 23.2 Å². The van der Waals surface area contributed by atoms with Crippen LogP contribution in [0, 0.1) is 35.7 Å². The molecule has 0 aromatic heterocycles. The molecule has 1 aromatic rings. The van der Waals surface area contributed by atoms with E-state index in [4.69, 9.17) is 9.84 Å². The lowest BCUT2D eigenvalue weighted by Gasteiger charge is -2.36. The summed E-state index contributed by atoms with van der Waals surface area (Å²) in [6.45, 7) is 2.94. The first kappa shape index (κ1) is 27.5. The number of carboxylic acids is 1. The van der Waals surface area contributed by atoms with Crippen LogP contribution >= 0.6 is 0 Å². The molecule has 2 amide bonds. The highest BCUT2D eigenvalue weighted by molar-refractivity contribution is 5.93. The number of rotatable bonds is 9. The highest BCUT2D eigenvalue weighted by Crippen LogP contribution is 2.40. The Hall–Kier alpha value is -3.11. The van der Waals surface area contributed by atoms with Gasteiger partial charge in [-0.05, 0) is 44.2 Å². The van der Waals surface area contributed by atoms with Gasteiger partial charge in [-0.15, -0.1) is 0 Å². The molecule has 0 unspecified atom stereocenters. The molecule has 11 heteroatoms. The number of aryl methyl sites for hydroxylation is 1. The third-order valence-corrected chi connectivity index (χ3v) is 7.12. The van der Waals surface area contributed by atoms with Gasteiger partial charge in [0.2, 0.25) is 17.6 Å². The van der Waals surface area contributed by atoms with Gasteiger partial charge < -0.3 is 20.1 Å². The molecule has 1 atom stereocenters. The molecule has 3 rings (SSSR count). The Morgan fingerprint density at radius 1 is 1.14 bits per heavy atom. The van der Waals surface area contributed by atoms with Gasteiger partial charge in [0, 0.05) is 24.4 Å². The highest BCUT2D eigenvalue weighted by Gasteiger charge is 2.40. The molecule has 0 bridgehead atoms. The zero-order valence-corrected chi connectivity index (χ0v) is 20.4. The zero-order chi connectivity index (χ0) is 26.6. The molecule has 0 spiro atoms. The van der Waals surface area contributed by atoms with Crippen LogP contribution in [0.5, 0.6) is 5.75 Å². The predicted octanol–water partition coefficient (Wildman–Crippen LogP) is 3.14. The molecule has 8 nitrogen and oxygen atoms in total. The number of Topliss-reactive ketones (excluding diaryl/α,β-unsaturated/α-hetero) is 1. The van der Waals surface area contributed by atoms with Crippen molar-refractivity contribution in [2.45, 2.75) is 64.8 Å². The Labute approximate surface area is 207 Å². The number of nitrogens with zero attached hydrogens (tertiary/aromatic N) is 1. The number of nitrogens with one attached hydrogen (secondary N) is 1. The molecule has 36 heavy (non-hydrogen) atoms. The van der Waals surface area contributed by atoms with Crippen molar-refractivity contribution >= 4 is 23.6 Å². The summed E-state index contributed by atoms with van der Waals surface area (Å²) in [4.78, 5) is 51.3. The van der Waals surface area contributed by atoms with E-state index in [-0.39, 0.29) is 16.9 Å². The minimum atomic E-state index is -1.61. The third kappa shape index (κ3) is 6.17. The molecule has 1 aromatic carbocycles. The number of hydrogen-bond donors (Lipinski definition) is 2. The predicted molar refractivity (Wildman–Crippen MR) is 122 cm³/mol. The Balaban J connectivity index is 1.59. The number of carbonyl (C=O) groups excluding carboxylic acids is 3. The van der Waals surface area contributed by atoms with Crippen LogP contribution in [0.4, 0.5) is 13.2 Å². The number of carbonyl (C=O) groups is 4. The van der Waals surface area contributed by atoms with E-state index < -0.39 is 65.8 Å². The van der Waals surface area contributed by atoms with Gasteiger partial charge in [-0.25, -0.2) is 8.78 Å². The van der Waals surface area contributed by atoms with Crippen LogP contribution in [0.15, 0.2) is 6.07 Å². The number of piperidine rings is 1. The first-order valence-corrected chi connectivity index (χ1v) is 12.0. The minimum absolute atomic E-state index is 0.0852. The van der Waals surface area contributed by atoms with Crippen molar-refractivity contribution in [3.63, 3.8) is 0 Å². The Kier molecular flexibility index (Phi) is 8.63. The Morgan fingerprint density at radius 2 is 1.75 bits per heavy atom. The molecule has 1 heterocycles. The van der Waals surface area contributed by atoms with E-state index in [9.17, 15) is 32.3 Å². The van der Waals surface area contributed by atoms with E-state index in [0.717, 1.165) is 25.7 Å². The molecule has 0 radical (unpaired) electrons. The summed E-state index contributed by atoms with van der Waals surface area (Å²) >= 11 is 0. The number of amides is 2. The number of ketones is 1. The summed E-state index contributed by atoms with van der Waals surface area (Å²) in [5.41, 5.74) is -0.605. The summed E-state index contributed by atoms with van der Waals surface area (Å²) in [6.07, 6.45) is 3.67. The monoisotopic (exact) mass is 512 g/mol. The molecule has 2 fully saturated rings. The van der Waals surface area contributed by atoms with E-state index in [1.165, 1.54) is 6.92 Å². The average molecular weight is 513 g/mol. The fraction of sp³-hybridized carbons (Fsp3) is 0.600. The van der Waals surface area contributed by atoms with E-state index in [1.54, 1.807) is 4.90 Å². The van der Waals surface area contributed by atoms with Crippen molar-refractivity contribution in [1.82, 2.24) is 10.2 Å². The molecule has 1 saturated carbocycles. The molecule has 1 aliphatic carbocycles. The summed E-state index contributed by atoms with van der Waals surface area (Å²) in [7, 11) is 0. The van der Waals surface area contributed by atoms with Crippen LogP contribution in [-0.2, 0) is 19.2 Å². The van der Waals surface area contributed by atoms with Crippen LogP contribution in [-0.4, -0.2) is 59.3 Å². The third-order valence-electron chi connectivity index (χ3n) is 7.12. The maximum Gasteiger partial charge on any atom is 0.305 e. The number of carboxylic acid groups (broad SMARTS) is 1. The highest BCUT2D eigenvalue weighted by atomic mass is 19.2. The normalized spacial score (nSPS) is 18.5. The van der Waals surface area contributed by atoms with Gasteiger partial charge in [-0.3, -0.25) is 19.2 Å². The smallest absolute Gasteiger partial charge is 0.305 e. The first-order valence-electron chi connectivity index (χ1n) is 12.0. The van der Waals surface area contributed by atoms with Crippen LogP contribution < -0.4 is 10.1 Å². The van der Waals surface area contributed by atoms with Crippen molar-refractivity contribution in [2.24, 2.45) is 11.3 Å². The van der Waals surface area contributed by atoms with Crippen LogP contribution in [0.25, 0.3) is 0 Å². The fourth-order valence-corrected chi connectivity index (χ4v) is 4.88. The maximum absolute atomic E-state index is 14.1.